The summed E-state index contributed by atoms with van der Waals surface area (Å²) in [7, 11) is 0. The highest BCUT2D eigenvalue weighted by atomic mass is 32.1. The number of rotatable bonds is 1. The minimum Gasteiger partial charge on any atom is -0.477 e. The summed E-state index contributed by atoms with van der Waals surface area (Å²) in [5.41, 5.74) is 0.897. The Bertz CT molecular complexity index is 702. The van der Waals surface area contributed by atoms with E-state index in [4.69, 9.17) is 5.11 Å². The lowest BCUT2D eigenvalue weighted by atomic mass is 10.2. The summed E-state index contributed by atoms with van der Waals surface area (Å²) in [4.78, 5) is 15.5. The Morgan fingerprint density at radius 1 is 1.31 bits per heavy atom. The van der Waals surface area contributed by atoms with Gasteiger partial charge in [-0.2, -0.15) is 0 Å². The zero-order valence-electron chi connectivity index (χ0n) is 8.18. The van der Waals surface area contributed by atoms with Crippen LogP contribution in [0.15, 0.2) is 36.5 Å². The number of nitrogens with zero attached hydrogens (tertiary/aromatic N) is 1. The van der Waals surface area contributed by atoms with Crippen molar-refractivity contribution >= 4 is 38.3 Å². The third kappa shape index (κ3) is 1.27. The van der Waals surface area contributed by atoms with Crippen LogP contribution in [0.3, 0.4) is 0 Å². The van der Waals surface area contributed by atoms with Gasteiger partial charge in [-0.3, -0.25) is 4.98 Å². The predicted molar refractivity (Wildman–Crippen MR) is 64.1 cm³/mol. The van der Waals surface area contributed by atoms with Crippen LogP contribution in [0.1, 0.15) is 9.67 Å². The number of thiophene rings is 1. The van der Waals surface area contributed by atoms with Gasteiger partial charge in [0.15, 0.2) is 0 Å². The zero-order chi connectivity index (χ0) is 11.1. The molecule has 1 aromatic carbocycles. The molecular formula is C12H7NO2S. The van der Waals surface area contributed by atoms with E-state index in [1.165, 1.54) is 11.3 Å². The number of aromatic carboxylic acids is 1. The molecule has 4 heteroatoms. The fraction of sp³-hybridized carbons (Fsp3) is 0. The quantitative estimate of drug-likeness (QED) is 0.697. The van der Waals surface area contributed by atoms with E-state index in [1.807, 2.05) is 24.3 Å². The number of carboxylic acid groups (broad SMARTS) is 1. The Hall–Kier alpha value is -1.94. The van der Waals surface area contributed by atoms with E-state index < -0.39 is 5.97 Å². The van der Waals surface area contributed by atoms with Crippen LogP contribution in [0.2, 0.25) is 0 Å². The monoisotopic (exact) mass is 229 g/mol. The molecule has 0 aliphatic heterocycles. The molecule has 3 aromatic rings. The lowest BCUT2D eigenvalue weighted by molar-refractivity contribution is 0.0702. The minimum absolute atomic E-state index is 0.355. The second-order valence-electron chi connectivity index (χ2n) is 3.48. The summed E-state index contributed by atoms with van der Waals surface area (Å²) >= 11 is 1.30. The maximum Gasteiger partial charge on any atom is 0.345 e. The van der Waals surface area contributed by atoms with Crippen LogP contribution >= 0.6 is 11.3 Å². The van der Waals surface area contributed by atoms with Crippen molar-refractivity contribution in [3.63, 3.8) is 0 Å². The number of carbonyl (C=O) groups is 1. The fourth-order valence-corrected chi connectivity index (χ4v) is 2.74. The number of fused-ring (bicyclic) bond motifs is 3. The van der Waals surface area contributed by atoms with E-state index in [-0.39, 0.29) is 0 Å². The van der Waals surface area contributed by atoms with E-state index in [0.29, 0.717) is 4.88 Å². The van der Waals surface area contributed by atoms with Gasteiger partial charge in [0.2, 0.25) is 0 Å². The Kier molecular flexibility index (Phi) is 1.91. The zero-order valence-corrected chi connectivity index (χ0v) is 8.99. The van der Waals surface area contributed by atoms with Gasteiger partial charge in [-0.25, -0.2) is 4.79 Å². The minimum atomic E-state index is -0.884. The van der Waals surface area contributed by atoms with Gasteiger partial charge in [-0.05, 0) is 12.1 Å². The van der Waals surface area contributed by atoms with Crippen molar-refractivity contribution in [2.75, 3.05) is 0 Å². The smallest absolute Gasteiger partial charge is 0.345 e. The standard InChI is InChI=1S/C12H7NO2S/c14-12(15)10-5-7-6-13-9-4-2-1-3-8(9)11(7)16-10/h1-6H,(H,14,15). The van der Waals surface area contributed by atoms with E-state index in [0.717, 1.165) is 21.0 Å². The number of carboxylic acids is 1. The van der Waals surface area contributed by atoms with Gasteiger partial charge in [0.1, 0.15) is 4.88 Å². The van der Waals surface area contributed by atoms with Crippen molar-refractivity contribution in [3.05, 3.63) is 41.4 Å². The largest absolute Gasteiger partial charge is 0.477 e. The number of pyridine rings is 1. The maximum atomic E-state index is 10.9. The summed E-state index contributed by atoms with van der Waals surface area (Å²) in [6.45, 7) is 0. The molecule has 0 bridgehead atoms. The molecule has 3 rings (SSSR count). The van der Waals surface area contributed by atoms with Gasteiger partial charge in [0.25, 0.3) is 0 Å². The summed E-state index contributed by atoms with van der Waals surface area (Å²) in [6.07, 6.45) is 1.72. The van der Waals surface area contributed by atoms with Crippen molar-refractivity contribution in [3.8, 4) is 0 Å². The molecule has 78 valence electrons. The third-order valence-corrected chi connectivity index (χ3v) is 3.64. The van der Waals surface area contributed by atoms with Crippen LogP contribution in [-0.2, 0) is 0 Å². The molecule has 0 fully saturated rings. The van der Waals surface area contributed by atoms with E-state index in [9.17, 15) is 4.79 Å². The predicted octanol–water partition coefficient (Wildman–Crippen LogP) is 3.15. The molecule has 0 amide bonds. The van der Waals surface area contributed by atoms with Gasteiger partial charge in [0.05, 0.1) is 5.52 Å². The van der Waals surface area contributed by atoms with Crippen LogP contribution in [0.5, 0.6) is 0 Å². The average Bonchev–Trinajstić information content (AvgIpc) is 2.73. The van der Waals surface area contributed by atoms with E-state index in [1.54, 1.807) is 12.3 Å². The summed E-state index contributed by atoms with van der Waals surface area (Å²) in [5.74, 6) is -0.884. The molecule has 1 N–H and O–H groups in total. The van der Waals surface area contributed by atoms with Gasteiger partial charge in [0, 0.05) is 21.7 Å². The Morgan fingerprint density at radius 2 is 2.12 bits per heavy atom. The molecule has 0 unspecified atom stereocenters. The summed E-state index contributed by atoms with van der Waals surface area (Å²) in [5, 5.41) is 10.8. The van der Waals surface area contributed by atoms with Crippen LogP contribution in [0.4, 0.5) is 0 Å². The molecule has 2 heterocycles. The lowest BCUT2D eigenvalue weighted by Gasteiger charge is -1.96. The molecule has 0 saturated carbocycles. The number of hydrogen-bond donors (Lipinski definition) is 1. The van der Waals surface area contributed by atoms with Crippen molar-refractivity contribution in [2.45, 2.75) is 0 Å². The third-order valence-electron chi connectivity index (χ3n) is 2.46. The molecule has 0 aliphatic carbocycles. The number of benzene rings is 1. The first-order valence-electron chi connectivity index (χ1n) is 4.76. The van der Waals surface area contributed by atoms with Crippen molar-refractivity contribution in [1.82, 2.24) is 4.98 Å². The van der Waals surface area contributed by atoms with E-state index >= 15 is 0 Å². The van der Waals surface area contributed by atoms with E-state index in [2.05, 4.69) is 4.98 Å². The van der Waals surface area contributed by atoms with Crippen LogP contribution in [0.25, 0.3) is 21.0 Å². The molecule has 2 aromatic heterocycles. The Morgan fingerprint density at radius 3 is 2.94 bits per heavy atom. The van der Waals surface area contributed by atoms with Crippen molar-refractivity contribution < 1.29 is 9.90 Å². The van der Waals surface area contributed by atoms with Crippen molar-refractivity contribution in [1.29, 1.82) is 0 Å². The maximum absolute atomic E-state index is 10.9. The van der Waals surface area contributed by atoms with Crippen molar-refractivity contribution in [2.24, 2.45) is 0 Å². The summed E-state index contributed by atoms with van der Waals surface area (Å²) in [6, 6.07) is 9.42. The highest BCUT2D eigenvalue weighted by Gasteiger charge is 2.10. The average molecular weight is 229 g/mol. The number of aromatic nitrogens is 1. The molecule has 0 atom stereocenters. The highest BCUT2D eigenvalue weighted by molar-refractivity contribution is 7.21. The normalized spacial score (nSPS) is 11.0. The molecule has 0 saturated heterocycles. The number of para-hydroxylation sites is 1. The number of hydrogen-bond acceptors (Lipinski definition) is 3. The van der Waals surface area contributed by atoms with Gasteiger partial charge in [-0.15, -0.1) is 11.3 Å². The molecule has 3 nitrogen and oxygen atoms in total. The SMILES string of the molecule is O=C(O)c1cc2cnc3ccccc3c2s1. The lowest BCUT2D eigenvalue weighted by Crippen LogP contribution is -1.89. The second-order valence-corrected chi connectivity index (χ2v) is 4.53. The van der Waals surface area contributed by atoms with Gasteiger partial charge >= 0.3 is 5.97 Å². The Balaban J connectivity index is 2.46. The fourth-order valence-electron chi connectivity index (χ4n) is 1.73. The van der Waals surface area contributed by atoms with Gasteiger partial charge < -0.3 is 5.11 Å². The molecule has 0 aliphatic rings. The van der Waals surface area contributed by atoms with Crippen LogP contribution < -0.4 is 0 Å². The summed E-state index contributed by atoms with van der Waals surface area (Å²) < 4.78 is 0.989. The first-order chi connectivity index (χ1) is 7.75. The van der Waals surface area contributed by atoms with Gasteiger partial charge in [-0.1, -0.05) is 18.2 Å². The first-order valence-corrected chi connectivity index (χ1v) is 5.58. The Labute approximate surface area is 95.0 Å². The molecule has 16 heavy (non-hydrogen) atoms. The highest BCUT2D eigenvalue weighted by Crippen LogP contribution is 2.31. The topological polar surface area (TPSA) is 50.2 Å². The van der Waals surface area contributed by atoms with Crippen LogP contribution in [0, 0.1) is 0 Å². The molecule has 0 radical (unpaired) electrons. The van der Waals surface area contributed by atoms with Crippen LogP contribution in [-0.4, -0.2) is 16.1 Å². The first kappa shape index (κ1) is 9.30. The molecule has 0 spiro atoms. The molecular weight excluding hydrogens is 222 g/mol. The second kappa shape index (κ2) is 3.28.